The van der Waals surface area contributed by atoms with Crippen LogP contribution in [0.5, 0.6) is 0 Å². The molecule has 3 aromatic rings. The van der Waals surface area contributed by atoms with Gasteiger partial charge >= 0.3 is 0 Å². The van der Waals surface area contributed by atoms with Gasteiger partial charge in [0.25, 0.3) is 5.91 Å². The molecular formula is C21H22N4O. The number of aryl methyl sites for hydroxylation is 2. The van der Waals surface area contributed by atoms with Gasteiger partial charge in [-0.3, -0.25) is 9.78 Å². The molecule has 1 fully saturated rings. The molecule has 1 saturated heterocycles. The number of para-hydroxylation sites is 1. The van der Waals surface area contributed by atoms with Crippen LogP contribution < -0.4 is 4.90 Å². The molecule has 4 rings (SSSR count). The van der Waals surface area contributed by atoms with E-state index in [9.17, 15) is 4.79 Å². The SMILES string of the molecule is Cc1cc(N2CCN(C(=O)c3ccccn3)CC2)nc2c(C)cccc12. The topological polar surface area (TPSA) is 49.3 Å². The molecule has 0 unspecified atom stereocenters. The lowest BCUT2D eigenvalue weighted by atomic mass is 10.1. The van der Waals surface area contributed by atoms with Crippen LogP contribution in [-0.2, 0) is 0 Å². The molecule has 0 aliphatic carbocycles. The van der Waals surface area contributed by atoms with Gasteiger partial charge in [-0.15, -0.1) is 0 Å². The number of benzene rings is 1. The monoisotopic (exact) mass is 346 g/mol. The van der Waals surface area contributed by atoms with E-state index < -0.39 is 0 Å². The van der Waals surface area contributed by atoms with Gasteiger partial charge in [-0.25, -0.2) is 4.98 Å². The van der Waals surface area contributed by atoms with Crippen molar-refractivity contribution in [2.45, 2.75) is 13.8 Å². The van der Waals surface area contributed by atoms with Crippen molar-refractivity contribution in [3.05, 3.63) is 65.5 Å². The summed E-state index contributed by atoms with van der Waals surface area (Å²) in [5.41, 5.74) is 4.00. The predicted molar refractivity (Wildman–Crippen MR) is 104 cm³/mol. The number of anilines is 1. The van der Waals surface area contributed by atoms with Gasteiger partial charge in [0.2, 0.25) is 0 Å². The second-order valence-electron chi connectivity index (χ2n) is 6.76. The highest BCUT2D eigenvalue weighted by Gasteiger charge is 2.23. The summed E-state index contributed by atoms with van der Waals surface area (Å²) in [4.78, 5) is 25.8. The van der Waals surface area contributed by atoms with Crippen LogP contribution in [-0.4, -0.2) is 47.0 Å². The number of carbonyl (C=O) groups excluding carboxylic acids is 1. The summed E-state index contributed by atoms with van der Waals surface area (Å²) in [5, 5.41) is 1.21. The van der Waals surface area contributed by atoms with E-state index >= 15 is 0 Å². The van der Waals surface area contributed by atoms with Gasteiger partial charge < -0.3 is 9.80 Å². The van der Waals surface area contributed by atoms with Crippen LogP contribution in [0.15, 0.2) is 48.7 Å². The first-order valence-electron chi connectivity index (χ1n) is 8.96. The van der Waals surface area contributed by atoms with E-state index in [0.717, 1.165) is 24.4 Å². The van der Waals surface area contributed by atoms with Gasteiger partial charge in [0.1, 0.15) is 11.5 Å². The fourth-order valence-electron chi connectivity index (χ4n) is 3.50. The lowest BCUT2D eigenvalue weighted by Crippen LogP contribution is -2.49. The third kappa shape index (κ3) is 3.01. The average molecular weight is 346 g/mol. The Kier molecular flexibility index (Phi) is 4.29. The fourth-order valence-corrected chi connectivity index (χ4v) is 3.50. The van der Waals surface area contributed by atoms with Crippen molar-refractivity contribution in [3.63, 3.8) is 0 Å². The maximum Gasteiger partial charge on any atom is 0.272 e. The maximum absolute atomic E-state index is 12.5. The van der Waals surface area contributed by atoms with E-state index in [1.165, 1.54) is 16.5 Å². The molecule has 5 nitrogen and oxygen atoms in total. The summed E-state index contributed by atoms with van der Waals surface area (Å²) in [6.07, 6.45) is 1.66. The molecule has 0 N–H and O–H groups in total. The summed E-state index contributed by atoms with van der Waals surface area (Å²) in [6, 6.07) is 13.9. The number of amides is 1. The highest BCUT2D eigenvalue weighted by atomic mass is 16.2. The van der Waals surface area contributed by atoms with E-state index in [1.807, 2.05) is 17.0 Å². The first-order chi connectivity index (χ1) is 12.6. The van der Waals surface area contributed by atoms with Gasteiger partial charge in [0, 0.05) is 37.8 Å². The molecule has 0 bridgehead atoms. The number of nitrogens with zero attached hydrogens (tertiary/aromatic N) is 4. The first kappa shape index (κ1) is 16.5. The molecule has 1 aromatic carbocycles. The van der Waals surface area contributed by atoms with E-state index in [2.05, 4.69) is 48.0 Å². The minimum absolute atomic E-state index is 0.00347. The van der Waals surface area contributed by atoms with Crippen LogP contribution in [0.3, 0.4) is 0 Å². The average Bonchev–Trinajstić information content (AvgIpc) is 2.69. The van der Waals surface area contributed by atoms with Gasteiger partial charge in [-0.2, -0.15) is 0 Å². The van der Waals surface area contributed by atoms with E-state index in [4.69, 9.17) is 4.98 Å². The van der Waals surface area contributed by atoms with E-state index in [-0.39, 0.29) is 5.91 Å². The van der Waals surface area contributed by atoms with Gasteiger partial charge in [0.15, 0.2) is 0 Å². The number of hydrogen-bond acceptors (Lipinski definition) is 4. The minimum Gasteiger partial charge on any atom is -0.353 e. The third-order valence-corrected chi connectivity index (χ3v) is 5.01. The summed E-state index contributed by atoms with van der Waals surface area (Å²) >= 11 is 0. The zero-order valence-electron chi connectivity index (χ0n) is 15.1. The predicted octanol–water partition coefficient (Wildman–Crippen LogP) is 3.21. The first-order valence-corrected chi connectivity index (χ1v) is 8.96. The number of carbonyl (C=O) groups is 1. The second kappa shape index (κ2) is 6.75. The van der Waals surface area contributed by atoms with Crippen molar-refractivity contribution < 1.29 is 4.79 Å². The highest BCUT2D eigenvalue weighted by molar-refractivity contribution is 5.92. The Balaban J connectivity index is 1.52. The lowest BCUT2D eigenvalue weighted by molar-refractivity contribution is 0.0740. The van der Waals surface area contributed by atoms with Gasteiger partial charge in [-0.1, -0.05) is 24.3 Å². The number of piperazine rings is 1. The van der Waals surface area contributed by atoms with Crippen molar-refractivity contribution in [1.82, 2.24) is 14.9 Å². The number of pyridine rings is 2. The molecule has 2 aromatic heterocycles. The Bertz CT molecular complexity index is 947. The quantitative estimate of drug-likeness (QED) is 0.715. The molecule has 0 atom stereocenters. The number of aromatic nitrogens is 2. The van der Waals surface area contributed by atoms with Crippen LogP contribution in [0.25, 0.3) is 10.9 Å². The normalized spacial score (nSPS) is 14.7. The second-order valence-corrected chi connectivity index (χ2v) is 6.76. The molecule has 5 heteroatoms. The summed E-state index contributed by atoms with van der Waals surface area (Å²) < 4.78 is 0. The van der Waals surface area contributed by atoms with Crippen molar-refractivity contribution >= 4 is 22.6 Å². The Morgan fingerprint density at radius 1 is 0.962 bits per heavy atom. The highest BCUT2D eigenvalue weighted by Crippen LogP contribution is 2.25. The third-order valence-electron chi connectivity index (χ3n) is 5.01. The summed E-state index contributed by atoms with van der Waals surface area (Å²) in [6.45, 7) is 7.16. The Morgan fingerprint density at radius 2 is 1.77 bits per heavy atom. The van der Waals surface area contributed by atoms with Crippen LogP contribution in [0.2, 0.25) is 0 Å². The Hall–Kier alpha value is -2.95. The summed E-state index contributed by atoms with van der Waals surface area (Å²) in [7, 11) is 0. The van der Waals surface area contributed by atoms with E-state index in [0.29, 0.717) is 18.8 Å². The largest absolute Gasteiger partial charge is 0.353 e. The maximum atomic E-state index is 12.5. The zero-order chi connectivity index (χ0) is 18.1. The minimum atomic E-state index is 0.00347. The van der Waals surface area contributed by atoms with E-state index in [1.54, 1.807) is 12.3 Å². The van der Waals surface area contributed by atoms with Crippen LogP contribution in [0.4, 0.5) is 5.82 Å². The Labute approximate surface area is 153 Å². The van der Waals surface area contributed by atoms with Crippen molar-refractivity contribution in [2.75, 3.05) is 31.1 Å². The molecule has 132 valence electrons. The molecule has 0 radical (unpaired) electrons. The lowest BCUT2D eigenvalue weighted by Gasteiger charge is -2.35. The smallest absolute Gasteiger partial charge is 0.272 e. The molecule has 1 amide bonds. The molecule has 0 spiro atoms. The fraction of sp³-hybridized carbons (Fsp3) is 0.286. The molecule has 1 aliphatic heterocycles. The molecular weight excluding hydrogens is 324 g/mol. The number of rotatable bonds is 2. The number of hydrogen-bond donors (Lipinski definition) is 0. The van der Waals surface area contributed by atoms with Gasteiger partial charge in [0.05, 0.1) is 5.52 Å². The number of fused-ring (bicyclic) bond motifs is 1. The standard InChI is InChI=1S/C21H22N4O/c1-15-6-5-7-17-16(2)14-19(23-20(15)17)24-10-12-25(13-11-24)21(26)18-8-3-4-9-22-18/h3-9,14H,10-13H2,1-2H3. The molecule has 3 heterocycles. The summed E-state index contributed by atoms with van der Waals surface area (Å²) in [5.74, 6) is 0.998. The van der Waals surface area contributed by atoms with Gasteiger partial charge in [-0.05, 0) is 43.2 Å². The molecule has 1 aliphatic rings. The zero-order valence-corrected chi connectivity index (χ0v) is 15.1. The Morgan fingerprint density at radius 3 is 2.50 bits per heavy atom. The molecule has 0 saturated carbocycles. The van der Waals surface area contributed by atoms with Crippen LogP contribution in [0, 0.1) is 13.8 Å². The van der Waals surface area contributed by atoms with Crippen molar-refractivity contribution in [2.24, 2.45) is 0 Å². The van der Waals surface area contributed by atoms with Crippen molar-refractivity contribution in [1.29, 1.82) is 0 Å². The molecule has 26 heavy (non-hydrogen) atoms. The van der Waals surface area contributed by atoms with Crippen LogP contribution >= 0.6 is 0 Å². The van der Waals surface area contributed by atoms with Crippen molar-refractivity contribution in [3.8, 4) is 0 Å². The van der Waals surface area contributed by atoms with Crippen LogP contribution in [0.1, 0.15) is 21.6 Å².